The van der Waals surface area contributed by atoms with E-state index in [1.807, 2.05) is 25.1 Å². The van der Waals surface area contributed by atoms with Crippen LogP contribution in [0.25, 0.3) is 0 Å². The van der Waals surface area contributed by atoms with Crippen molar-refractivity contribution in [3.63, 3.8) is 0 Å². The number of nitrogens with one attached hydrogen (secondary N) is 1. The molecule has 0 aliphatic heterocycles. The molecule has 0 bridgehead atoms. The average Bonchev–Trinajstić information content (AvgIpc) is 2.59. The maximum atomic E-state index is 12.3. The van der Waals surface area contributed by atoms with E-state index in [2.05, 4.69) is 4.72 Å². The first-order valence-corrected chi connectivity index (χ1v) is 9.92. The lowest BCUT2D eigenvalue weighted by atomic mass is 10.2. The van der Waals surface area contributed by atoms with Gasteiger partial charge in [0.1, 0.15) is 12.4 Å². The van der Waals surface area contributed by atoms with Crippen molar-refractivity contribution in [1.82, 2.24) is 4.72 Å². The van der Waals surface area contributed by atoms with E-state index in [4.69, 9.17) is 21.1 Å². The van der Waals surface area contributed by atoms with Crippen LogP contribution in [-0.4, -0.2) is 34.8 Å². The Bertz CT molecular complexity index is 763. The molecule has 0 fully saturated rings. The number of hydrogen-bond donors (Lipinski definition) is 1. The van der Waals surface area contributed by atoms with Gasteiger partial charge >= 0.3 is 0 Å². The molecule has 0 aliphatic rings. The Morgan fingerprint density at radius 3 is 2.52 bits per heavy atom. The molecule has 0 spiro atoms. The van der Waals surface area contributed by atoms with Gasteiger partial charge < -0.3 is 9.47 Å². The maximum Gasteiger partial charge on any atom is 0.240 e. The van der Waals surface area contributed by atoms with Crippen molar-refractivity contribution in [2.45, 2.75) is 18.2 Å². The highest BCUT2D eigenvalue weighted by Crippen LogP contribution is 2.16. The molecule has 0 aromatic heterocycles. The summed E-state index contributed by atoms with van der Waals surface area (Å²) in [4.78, 5) is 0.204. The quantitative estimate of drug-likeness (QED) is 0.639. The fourth-order valence-corrected chi connectivity index (χ4v) is 3.43. The van der Waals surface area contributed by atoms with Crippen molar-refractivity contribution >= 4 is 21.6 Å². The molecule has 0 aliphatic carbocycles. The Hall–Kier alpha value is -1.60. The van der Waals surface area contributed by atoms with Crippen LogP contribution in [0.1, 0.15) is 12.5 Å². The predicted molar refractivity (Wildman–Crippen MR) is 98.8 cm³/mol. The van der Waals surface area contributed by atoms with Gasteiger partial charge in [-0.05, 0) is 55.3 Å². The topological polar surface area (TPSA) is 64.6 Å². The highest BCUT2D eigenvalue weighted by atomic mass is 35.5. The van der Waals surface area contributed by atoms with Gasteiger partial charge in [0.05, 0.1) is 11.5 Å². The summed E-state index contributed by atoms with van der Waals surface area (Å²) < 4.78 is 37.8. The molecule has 0 saturated carbocycles. The first-order valence-electron chi connectivity index (χ1n) is 8.06. The third-order valence-corrected chi connectivity index (χ3v) is 5.14. The predicted octanol–water partition coefficient (Wildman–Crippen LogP) is 3.28. The van der Waals surface area contributed by atoms with Gasteiger partial charge in [-0.2, -0.15) is 0 Å². The summed E-state index contributed by atoms with van der Waals surface area (Å²) in [7, 11) is -3.55. The van der Waals surface area contributed by atoms with Gasteiger partial charge in [0.15, 0.2) is 0 Å². The van der Waals surface area contributed by atoms with Crippen molar-refractivity contribution in [1.29, 1.82) is 0 Å². The number of rotatable bonds is 10. The third-order valence-electron chi connectivity index (χ3n) is 3.43. The summed E-state index contributed by atoms with van der Waals surface area (Å²) >= 11 is 5.92. The van der Waals surface area contributed by atoms with E-state index in [9.17, 15) is 8.42 Å². The molecule has 2 aromatic carbocycles. The molecule has 2 rings (SSSR count). The average molecular weight is 384 g/mol. The van der Waals surface area contributed by atoms with E-state index in [0.29, 0.717) is 43.6 Å². The SMILES string of the molecule is CCOCCOc1ccc(S(=O)(=O)NCCc2cccc(Cl)c2)cc1. The number of halogens is 1. The molecule has 0 heterocycles. The molecule has 1 N–H and O–H groups in total. The first kappa shape index (κ1) is 19.7. The highest BCUT2D eigenvalue weighted by molar-refractivity contribution is 7.89. The van der Waals surface area contributed by atoms with E-state index < -0.39 is 10.0 Å². The molecular formula is C18H22ClNO4S. The highest BCUT2D eigenvalue weighted by Gasteiger charge is 2.13. The van der Waals surface area contributed by atoms with Crippen LogP contribution in [0.15, 0.2) is 53.4 Å². The summed E-state index contributed by atoms with van der Waals surface area (Å²) in [6.45, 7) is 3.79. The summed E-state index contributed by atoms with van der Waals surface area (Å²) in [6, 6.07) is 13.7. The number of sulfonamides is 1. The Balaban J connectivity index is 1.86. The van der Waals surface area contributed by atoms with Crippen LogP contribution < -0.4 is 9.46 Å². The smallest absolute Gasteiger partial charge is 0.240 e. The van der Waals surface area contributed by atoms with Gasteiger partial charge in [-0.15, -0.1) is 0 Å². The molecule has 2 aromatic rings. The Morgan fingerprint density at radius 1 is 1.08 bits per heavy atom. The van der Waals surface area contributed by atoms with Crippen LogP contribution in [0, 0.1) is 0 Å². The zero-order chi connectivity index (χ0) is 18.1. The molecule has 0 atom stereocenters. The van der Waals surface area contributed by atoms with E-state index in [0.717, 1.165) is 5.56 Å². The van der Waals surface area contributed by atoms with Crippen LogP contribution in [0.3, 0.4) is 0 Å². The van der Waals surface area contributed by atoms with E-state index in [1.165, 1.54) is 12.1 Å². The Morgan fingerprint density at radius 2 is 1.84 bits per heavy atom. The molecule has 25 heavy (non-hydrogen) atoms. The molecular weight excluding hydrogens is 362 g/mol. The molecule has 7 heteroatoms. The zero-order valence-corrected chi connectivity index (χ0v) is 15.6. The molecule has 5 nitrogen and oxygen atoms in total. The number of hydrogen-bond acceptors (Lipinski definition) is 4. The zero-order valence-electron chi connectivity index (χ0n) is 14.1. The lowest BCUT2D eigenvalue weighted by Crippen LogP contribution is -2.26. The molecule has 0 saturated heterocycles. The van der Waals surface area contributed by atoms with Gasteiger partial charge in [0, 0.05) is 18.2 Å². The van der Waals surface area contributed by atoms with E-state index in [1.54, 1.807) is 18.2 Å². The Kier molecular flexibility index (Phi) is 7.71. The van der Waals surface area contributed by atoms with Crippen LogP contribution in [-0.2, 0) is 21.2 Å². The second kappa shape index (κ2) is 9.77. The number of ether oxygens (including phenoxy) is 2. The lowest BCUT2D eigenvalue weighted by Gasteiger charge is -2.09. The van der Waals surface area contributed by atoms with Crippen LogP contribution >= 0.6 is 11.6 Å². The lowest BCUT2D eigenvalue weighted by molar-refractivity contribution is 0.110. The summed E-state index contributed by atoms with van der Waals surface area (Å²) in [5, 5.41) is 0.639. The van der Waals surface area contributed by atoms with Crippen molar-refractivity contribution in [2.75, 3.05) is 26.4 Å². The van der Waals surface area contributed by atoms with Gasteiger partial charge in [-0.3, -0.25) is 0 Å². The minimum Gasteiger partial charge on any atom is -0.491 e. The Labute approximate surface area is 154 Å². The largest absolute Gasteiger partial charge is 0.491 e. The maximum absolute atomic E-state index is 12.3. The first-order chi connectivity index (χ1) is 12.0. The van der Waals surface area contributed by atoms with Crippen molar-refractivity contribution < 1.29 is 17.9 Å². The van der Waals surface area contributed by atoms with E-state index in [-0.39, 0.29) is 4.90 Å². The fraction of sp³-hybridized carbons (Fsp3) is 0.333. The van der Waals surface area contributed by atoms with Crippen LogP contribution in [0.5, 0.6) is 5.75 Å². The fourth-order valence-electron chi connectivity index (χ4n) is 2.18. The van der Waals surface area contributed by atoms with Crippen molar-refractivity contribution in [3.8, 4) is 5.75 Å². The third kappa shape index (κ3) is 6.66. The van der Waals surface area contributed by atoms with Crippen molar-refractivity contribution in [2.24, 2.45) is 0 Å². The minimum atomic E-state index is -3.55. The summed E-state index contributed by atoms with van der Waals surface area (Å²) in [6.07, 6.45) is 0.568. The second-order valence-electron chi connectivity index (χ2n) is 5.29. The van der Waals surface area contributed by atoms with Gasteiger partial charge in [-0.1, -0.05) is 23.7 Å². The molecule has 0 unspecified atom stereocenters. The monoisotopic (exact) mass is 383 g/mol. The van der Waals surface area contributed by atoms with Crippen LogP contribution in [0.4, 0.5) is 0 Å². The van der Waals surface area contributed by atoms with E-state index >= 15 is 0 Å². The standard InChI is InChI=1S/C18H22ClNO4S/c1-2-23-12-13-24-17-6-8-18(9-7-17)25(21,22)20-11-10-15-4-3-5-16(19)14-15/h3-9,14,20H,2,10-13H2,1H3. The van der Waals surface area contributed by atoms with Crippen LogP contribution in [0.2, 0.25) is 5.02 Å². The van der Waals surface area contributed by atoms with Gasteiger partial charge in [0.2, 0.25) is 10.0 Å². The van der Waals surface area contributed by atoms with Gasteiger partial charge in [-0.25, -0.2) is 13.1 Å². The molecule has 0 radical (unpaired) electrons. The minimum absolute atomic E-state index is 0.204. The molecule has 136 valence electrons. The second-order valence-corrected chi connectivity index (χ2v) is 7.50. The summed E-state index contributed by atoms with van der Waals surface area (Å²) in [5.41, 5.74) is 0.980. The molecule has 0 amide bonds. The van der Waals surface area contributed by atoms with Gasteiger partial charge in [0.25, 0.3) is 0 Å². The normalized spacial score (nSPS) is 11.4. The van der Waals surface area contributed by atoms with Crippen molar-refractivity contribution in [3.05, 3.63) is 59.1 Å². The number of benzene rings is 2. The summed E-state index contributed by atoms with van der Waals surface area (Å²) in [5.74, 6) is 0.609.